The number of carbonyl (C=O) groups excluding carboxylic acids is 2. The first kappa shape index (κ1) is 17.7. The number of piperidine rings is 1. The number of hydrogen-bond donors (Lipinski definition) is 0. The van der Waals surface area contributed by atoms with Gasteiger partial charge in [-0.1, -0.05) is 37.3 Å². The second-order valence-electron chi connectivity index (χ2n) is 6.89. The van der Waals surface area contributed by atoms with Gasteiger partial charge in [-0.3, -0.25) is 14.5 Å². The Morgan fingerprint density at radius 1 is 1.16 bits per heavy atom. The van der Waals surface area contributed by atoms with E-state index < -0.39 is 0 Å². The molecule has 0 aliphatic carbocycles. The fraction of sp³-hybridized carbons (Fsp3) is 0.500. The van der Waals surface area contributed by atoms with Gasteiger partial charge in [0, 0.05) is 33.4 Å². The standard InChI is InChI=1S/C20H26N2O3/c1-15-8-6-11-21(14-15)18-17(16-9-4-3-5-10-16)19(23)22(20(18)24)12-7-13-25-2/h3-5,9-10,15H,6-8,11-14H2,1-2H3. The third-order valence-electron chi connectivity index (χ3n) is 4.91. The van der Waals surface area contributed by atoms with Crippen molar-refractivity contribution in [3.8, 4) is 0 Å². The molecule has 3 rings (SSSR count). The van der Waals surface area contributed by atoms with Crippen molar-refractivity contribution in [3.05, 3.63) is 41.6 Å². The van der Waals surface area contributed by atoms with Crippen molar-refractivity contribution >= 4 is 17.4 Å². The Morgan fingerprint density at radius 2 is 1.92 bits per heavy atom. The predicted octanol–water partition coefficient (Wildman–Crippen LogP) is 2.53. The second-order valence-corrected chi connectivity index (χ2v) is 6.89. The Hall–Kier alpha value is -2.14. The lowest BCUT2D eigenvalue weighted by Crippen LogP contribution is -2.39. The molecule has 0 saturated carbocycles. The summed E-state index contributed by atoms with van der Waals surface area (Å²) >= 11 is 0. The number of amides is 2. The first-order valence-electron chi connectivity index (χ1n) is 9.03. The molecule has 1 aromatic rings. The van der Waals surface area contributed by atoms with E-state index in [9.17, 15) is 9.59 Å². The van der Waals surface area contributed by atoms with Crippen molar-refractivity contribution in [1.29, 1.82) is 0 Å². The van der Waals surface area contributed by atoms with Crippen molar-refractivity contribution in [2.24, 2.45) is 5.92 Å². The first-order chi connectivity index (χ1) is 12.1. The van der Waals surface area contributed by atoms with Gasteiger partial charge in [-0.2, -0.15) is 0 Å². The molecule has 1 fully saturated rings. The molecule has 0 spiro atoms. The molecule has 2 amide bonds. The van der Waals surface area contributed by atoms with Crippen LogP contribution < -0.4 is 0 Å². The van der Waals surface area contributed by atoms with Crippen molar-refractivity contribution in [2.75, 3.05) is 33.4 Å². The summed E-state index contributed by atoms with van der Waals surface area (Å²) in [4.78, 5) is 29.6. The van der Waals surface area contributed by atoms with Crippen molar-refractivity contribution in [2.45, 2.75) is 26.2 Å². The molecule has 2 aliphatic heterocycles. The van der Waals surface area contributed by atoms with Gasteiger partial charge in [0.25, 0.3) is 11.8 Å². The second kappa shape index (κ2) is 7.83. The van der Waals surface area contributed by atoms with E-state index in [4.69, 9.17) is 4.74 Å². The Bertz CT molecular complexity index is 669. The highest BCUT2D eigenvalue weighted by Gasteiger charge is 2.41. The quantitative estimate of drug-likeness (QED) is 0.589. The van der Waals surface area contributed by atoms with E-state index >= 15 is 0 Å². The Kier molecular flexibility index (Phi) is 5.53. The SMILES string of the molecule is COCCCN1C(=O)C(c2ccccc2)=C(N2CCCC(C)C2)C1=O. The van der Waals surface area contributed by atoms with Crippen LogP contribution in [0.5, 0.6) is 0 Å². The molecule has 1 unspecified atom stereocenters. The maximum atomic E-state index is 13.1. The summed E-state index contributed by atoms with van der Waals surface area (Å²) in [6.45, 7) is 4.80. The highest BCUT2D eigenvalue weighted by molar-refractivity contribution is 6.35. The lowest BCUT2D eigenvalue weighted by molar-refractivity contribution is -0.137. The molecule has 1 atom stereocenters. The predicted molar refractivity (Wildman–Crippen MR) is 96.5 cm³/mol. The average Bonchev–Trinajstić information content (AvgIpc) is 2.87. The normalized spacial score (nSPS) is 21.4. The number of nitrogens with zero attached hydrogens (tertiary/aromatic N) is 2. The number of ether oxygens (including phenoxy) is 1. The average molecular weight is 342 g/mol. The van der Waals surface area contributed by atoms with Crippen LogP contribution in [0, 0.1) is 5.92 Å². The highest BCUT2D eigenvalue weighted by Crippen LogP contribution is 2.33. The van der Waals surface area contributed by atoms with Crippen molar-refractivity contribution in [3.63, 3.8) is 0 Å². The van der Waals surface area contributed by atoms with E-state index in [0.717, 1.165) is 25.1 Å². The summed E-state index contributed by atoms with van der Waals surface area (Å²) in [5.74, 6) is 0.193. The van der Waals surface area contributed by atoms with Crippen LogP contribution in [0.15, 0.2) is 36.0 Å². The van der Waals surface area contributed by atoms with Crippen LogP contribution >= 0.6 is 0 Å². The zero-order valence-electron chi connectivity index (χ0n) is 15.0. The number of imide groups is 1. The maximum Gasteiger partial charge on any atom is 0.277 e. The number of rotatable bonds is 6. The van der Waals surface area contributed by atoms with Crippen LogP contribution in [0.25, 0.3) is 5.57 Å². The van der Waals surface area contributed by atoms with Gasteiger partial charge in [-0.15, -0.1) is 0 Å². The molecule has 25 heavy (non-hydrogen) atoms. The maximum absolute atomic E-state index is 13.1. The van der Waals surface area contributed by atoms with Crippen LogP contribution in [0.3, 0.4) is 0 Å². The fourth-order valence-electron chi connectivity index (χ4n) is 3.68. The fourth-order valence-corrected chi connectivity index (χ4v) is 3.68. The van der Waals surface area contributed by atoms with E-state index in [0.29, 0.717) is 36.8 Å². The van der Waals surface area contributed by atoms with Crippen LogP contribution in [0.2, 0.25) is 0 Å². The molecule has 0 aromatic heterocycles. The molecule has 0 bridgehead atoms. The van der Waals surface area contributed by atoms with Gasteiger partial charge in [0.05, 0.1) is 5.57 Å². The van der Waals surface area contributed by atoms with Crippen molar-refractivity contribution in [1.82, 2.24) is 9.80 Å². The van der Waals surface area contributed by atoms with Gasteiger partial charge in [0.2, 0.25) is 0 Å². The zero-order valence-corrected chi connectivity index (χ0v) is 15.0. The number of hydrogen-bond acceptors (Lipinski definition) is 4. The van der Waals surface area contributed by atoms with E-state index in [-0.39, 0.29) is 11.8 Å². The molecule has 0 radical (unpaired) electrons. The van der Waals surface area contributed by atoms with Crippen LogP contribution in [0.1, 0.15) is 31.7 Å². The Morgan fingerprint density at radius 3 is 2.60 bits per heavy atom. The van der Waals surface area contributed by atoms with Gasteiger partial charge >= 0.3 is 0 Å². The Labute approximate surface area is 149 Å². The number of benzene rings is 1. The Balaban J connectivity index is 1.95. The molecule has 2 aliphatic rings. The van der Waals surface area contributed by atoms with Gasteiger partial charge in [0.1, 0.15) is 5.70 Å². The summed E-state index contributed by atoms with van der Waals surface area (Å²) in [5.41, 5.74) is 1.96. The minimum absolute atomic E-state index is 0.158. The molecular weight excluding hydrogens is 316 g/mol. The lowest BCUT2D eigenvalue weighted by Gasteiger charge is -2.33. The van der Waals surface area contributed by atoms with Crippen LogP contribution in [-0.4, -0.2) is 55.0 Å². The smallest absolute Gasteiger partial charge is 0.277 e. The number of carbonyl (C=O) groups is 2. The van der Waals surface area contributed by atoms with Gasteiger partial charge in [-0.25, -0.2) is 0 Å². The minimum Gasteiger partial charge on any atom is -0.385 e. The zero-order chi connectivity index (χ0) is 17.8. The van der Waals surface area contributed by atoms with Crippen LogP contribution in [0.4, 0.5) is 0 Å². The molecule has 1 aromatic carbocycles. The molecule has 1 saturated heterocycles. The first-order valence-corrected chi connectivity index (χ1v) is 9.03. The van der Waals surface area contributed by atoms with Gasteiger partial charge < -0.3 is 9.64 Å². The topological polar surface area (TPSA) is 49.9 Å². The van der Waals surface area contributed by atoms with E-state index in [1.165, 1.54) is 11.3 Å². The molecule has 5 heteroatoms. The van der Waals surface area contributed by atoms with Crippen LogP contribution in [-0.2, 0) is 14.3 Å². The van der Waals surface area contributed by atoms with Gasteiger partial charge in [0.15, 0.2) is 0 Å². The number of likely N-dealkylation sites (tertiary alicyclic amines) is 1. The molecular formula is C20H26N2O3. The molecule has 0 N–H and O–H groups in total. The number of methoxy groups -OCH3 is 1. The monoisotopic (exact) mass is 342 g/mol. The summed E-state index contributed by atoms with van der Waals surface area (Å²) < 4.78 is 5.07. The molecule has 134 valence electrons. The third-order valence-corrected chi connectivity index (χ3v) is 4.91. The van der Waals surface area contributed by atoms with E-state index in [1.807, 2.05) is 30.3 Å². The summed E-state index contributed by atoms with van der Waals surface area (Å²) in [6.07, 6.45) is 2.88. The highest BCUT2D eigenvalue weighted by atomic mass is 16.5. The molecule has 2 heterocycles. The lowest BCUT2D eigenvalue weighted by atomic mass is 9.98. The minimum atomic E-state index is -0.180. The van der Waals surface area contributed by atoms with E-state index in [2.05, 4.69) is 11.8 Å². The summed E-state index contributed by atoms with van der Waals surface area (Å²) in [6, 6.07) is 9.55. The van der Waals surface area contributed by atoms with E-state index in [1.54, 1.807) is 7.11 Å². The van der Waals surface area contributed by atoms with Gasteiger partial charge in [-0.05, 0) is 30.7 Å². The summed E-state index contributed by atoms with van der Waals surface area (Å²) in [7, 11) is 1.63. The third kappa shape index (κ3) is 3.61. The van der Waals surface area contributed by atoms with Crippen molar-refractivity contribution < 1.29 is 14.3 Å². The molecule has 5 nitrogen and oxygen atoms in total. The largest absolute Gasteiger partial charge is 0.385 e. The summed E-state index contributed by atoms with van der Waals surface area (Å²) in [5, 5.41) is 0.